The Labute approximate surface area is 173 Å². The zero-order chi connectivity index (χ0) is 17.8. The molecule has 1 saturated carbocycles. The summed E-state index contributed by atoms with van der Waals surface area (Å²) in [4.78, 5) is 4.65. The monoisotopic (exact) mass is 468 g/mol. The average molecular weight is 468 g/mol. The van der Waals surface area contributed by atoms with Gasteiger partial charge < -0.3 is 15.2 Å². The Morgan fingerprint density at radius 1 is 1.35 bits per heavy atom. The highest BCUT2D eigenvalue weighted by Gasteiger charge is 2.39. The number of aromatic nitrogens is 1. The molecule has 1 aromatic heterocycles. The number of aryl methyl sites for hydroxylation is 1. The number of halogens is 1. The molecule has 1 aliphatic carbocycles. The normalized spacial score (nSPS) is 19.2. The maximum Gasteiger partial charge on any atom is 0.191 e. The molecule has 0 aliphatic heterocycles. The van der Waals surface area contributed by atoms with Crippen LogP contribution in [0.4, 0.5) is 0 Å². The van der Waals surface area contributed by atoms with E-state index in [1.165, 1.54) is 11.1 Å². The van der Waals surface area contributed by atoms with E-state index in [1.807, 2.05) is 6.07 Å². The minimum absolute atomic E-state index is 0. The van der Waals surface area contributed by atoms with E-state index in [1.54, 1.807) is 0 Å². The number of benzene rings is 1. The van der Waals surface area contributed by atoms with Gasteiger partial charge in [-0.15, -0.1) is 24.0 Å². The fourth-order valence-corrected chi connectivity index (χ4v) is 3.03. The molecule has 2 N–H and O–H groups in total. The number of aliphatic imine (C=N–C) groups is 1. The van der Waals surface area contributed by atoms with Crippen molar-refractivity contribution < 1.29 is 4.52 Å². The van der Waals surface area contributed by atoms with Gasteiger partial charge in [-0.25, -0.2) is 4.99 Å². The maximum absolute atomic E-state index is 5.37. The third kappa shape index (κ3) is 5.22. The first-order valence-electron chi connectivity index (χ1n) is 9.14. The van der Waals surface area contributed by atoms with Crippen LogP contribution in [0, 0.1) is 6.92 Å². The van der Waals surface area contributed by atoms with Crippen LogP contribution < -0.4 is 10.6 Å². The lowest BCUT2D eigenvalue weighted by atomic mass is 10.0. The van der Waals surface area contributed by atoms with Crippen LogP contribution >= 0.6 is 24.0 Å². The number of guanidine groups is 1. The standard InChI is InChI=1S/C20H28N4O.HI/c1-5-21-20(22-12-15-10-18(13(2)3)24-25-15)23-19-11-17(19)16-9-7-6-8-14(16)4;/h6-10,13,17,19H,5,11-12H2,1-4H3,(H2,21,22,23);1H. The van der Waals surface area contributed by atoms with Crippen molar-refractivity contribution >= 4 is 29.9 Å². The fourth-order valence-electron chi connectivity index (χ4n) is 3.03. The highest BCUT2D eigenvalue weighted by molar-refractivity contribution is 14.0. The molecule has 1 heterocycles. The predicted molar refractivity (Wildman–Crippen MR) is 116 cm³/mol. The van der Waals surface area contributed by atoms with Crippen molar-refractivity contribution in [2.75, 3.05) is 6.54 Å². The second-order valence-corrected chi connectivity index (χ2v) is 7.02. The van der Waals surface area contributed by atoms with Gasteiger partial charge in [0.15, 0.2) is 11.7 Å². The van der Waals surface area contributed by atoms with Crippen molar-refractivity contribution in [2.24, 2.45) is 4.99 Å². The Bertz CT molecular complexity index is 741. The van der Waals surface area contributed by atoms with Gasteiger partial charge in [-0.1, -0.05) is 43.3 Å². The number of hydrogen-bond donors (Lipinski definition) is 2. The van der Waals surface area contributed by atoms with Gasteiger partial charge in [-0.3, -0.25) is 0 Å². The molecule has 0 radical (unpaired) electrons. The summed E-state index contributed by atoms with van der Waals surface area (Å²) >= 11 is 0. The van der Waals surface area contributed by atoms with Crippen LogP contribution in [0.3, 0.4) is 0 Å². The van der Waals surface area contributed by atoms with Crippen molar-refractivity contribution in [2.45, 2.75) is 58.5 Å². The Morgan fingerprint density at radius 2 is 2.12 bits per heavy atom. The molecule has 0 bridgehead atoms. The first-order valence-corrected chi connectivity index (χ1v) is 9.14. The Morgan fingerprint density at radius 3 is 2.77 bits per heavy atom. The summed E-state index contributed by atoms with van der Waals surface area (Å²) < 4.78 is 5.37. The first-order chi connectivity index (χ1) is 12.1. The smallest absolute Gasteiger partial charge is 0.191 e. The van der Waals surface area contributed by atoms with E-state index in [4.69, 9.17) is 4.52 Å². The SMILES string of the molecule is CCNC(=NCc1cc(C(C)C)no1)NC1CC1c1ccccc1C.I. The van der Waals surface area contributed by atoms with Crippen LogP contribution in [-0.4, -0.2) is 23.7 Å². The van der Waals surface area contributed by atoms with Crippen molar-refractivity contribution in [1.29, 1.82) is 0 Å². The van der Waals surface area contributed by atoms with Crippen LogP contribution in [0.1, 0.15) is 61.6 Å². The van der Waals surface area contributed by atoms with Gasteiger partial charge in [-0.2, -0.15) is 0 Å². The van der Waals surface area contributed by atoms with Gasteiger partial charge in [0.1, 0.15) is 6.54 Å². The van der Waals surface area contributed by atoms with E-state index in [0.29, 0.717) is 24.4 Å². The van der Waals surface area contributed by atoms with Gasteiger partial charge in [-0.05, 0) is 37.3 Å². The van der Waals surface area contributed by atoms with Crippen LogP contribution in [0.25, 0.3) is 0 Å². The Hall–Kier alpha value is -1.57. The minimum Gasteiger partial charge on any atom is -0.359 e. The zero-order valence-corrected chi connectivity index (χ0v) is 18.3. The number of nitrogens with zero attached hydrogens (tertiary/aromatic N) is 2. The molecule has 5 nitrogen and oxygen atoms in total. The van der Waals surface area contributed by atoms with Crippen molar-refractivity contribution in [3.8, 4) is 0 Å². The molecule has 1 fully saturated rings. The van der Waals surface area contributed by atoms with Gasteiger partial charge in [0.05, 0.1) is 5.69 Å². The summed E-state index contributed by atoms with van der Waals surface area (Å²) in [6.07, 6.45) is 1.15. The third-order valence-corrected chi connectivity index (χ3v) is 4.61. The van der Waals surface area contributed by atoms with Crippen molar-refractivity contribution in [1.82, 2.24) is 15.8 Å². The summed E-state index contributed by atoms with van der Waals surface area (Å²) in [5.74, 6) is 2.58. The first kappa shape index (κ1) is 20.7. The second-order valence-electron chi connectivity index (χ2n) is 7.02. The van der Waals surface area contributed by atoms with Crippen molar-refractivity contribution in [3.05, 3.63) is 52.9 Å². The number of rotatable bonds is 6. The van der Waals surface area contributed by atoms with Crippen LogP contribution in [-0.2, 0) is 6.54 Å². The average Bonchev–Trinajstić information content (AvgIpc) is 3.17. The summed E-state index contributed by atoms with van der Waals surface area (Å²) in [6.45, 7) is 9.80. The van der Waals surface area contributed by atoms with Crippen LogP contribution in [0.5, 0.6) is 0 Å². The number of hydrogen-bond acceptors (Lipinski definition) is 3. The molecule has 0 saturated heterocycles. The molecule has 2 aromatic rings. The molecule has 1 aliphatic rings. The molecule has 2 unspecified atom stereocenters. The lowest BCUT2D eigenvalue weighted by molar-refractivity contribution is 0.376. The topological polar surface area (TPSA) is 62.5 Å². The molecule has 0 amide bonds. The van der Waals surface area contributed by atoms with Gasteiger partial charge in [0, 0.05) is 24.6 Å². The Balaban J connectivity index is 0.00000243. The molecule has 1 aromatic carbocycles. The molecule has 26 heavy (non-hydrogen) atoms. The van der Waals surface area contributed by atoms with E-state index in [9.17, 15) is 0 Å². The van der Waals surface area contributed by atoms with Gasteiger partial charge in [0.2, 0.25) is 0 Å². The molecular formula is C20H29IN4O. The molecule has 142 valence electrons. The van der Waals surface area contributed by atoms with E-state index < -0.39 is 0 Å². The lowest BCUT2D eigenvalue weighted by Gasteiger charge is -2.11. The third-order valence-electron chi connectivity index (χ3n) is 4.61. The molecular weight excluding hydrogens is 439 g/mol. The minimum atomic E-state index is 0. The van der Waals surface area contributed by atoms with Gasteiger partial charge >= 0.3 is 0 Å². The van der Waals surface area contributed by atoms with E-state index >= 15 is 0 Å². The zero-order valence-electron chi connectivity index (χ0n) is 16.0. The summed E-state index contributed by atoms with van der Waals surface area (Å²) in [5.41, 5.74) is 3.78. The second kappa shape index (κ2) is 9.39. The summed E-state index contributed by atoms with van der Waals surface area (Å²) in [7, 11) is 0. The van der Waals surface area contributed by atoms with E-state index in [-0.39, 0.29) is 24.0 Å². The quantitative estimate of drug-likeness (QED) is 0.376. The lowest BCUT2D eigenvalue weighted by Crippen LogP contribution is -2.39. The van der Waals surface area contributed by atoms with Gasteiger partial charge in [0.25, 0.3) is 0 Å². The fraction of sp³-hybridized carbons (Fsp3) is 0.500. The summed E-state index contributed by atoms with van der Waals surface area (Å²) in [6, 6.07) is 11.1. The van der Waals surface area contributed by atoms with Crippen molar-refractivity contribution in [3.63, 3.8) is 0 Å². The number of nitrogens with one attached hydrogen (secondary N) is 2. The van der Waals surface area contributed by atoms with Crippen LogP contribution in [0.15, 0.2) is 39.8 Å². The molecule has 2 atom stereocenters. The highest BCUT2D eigenvalue weighted by atomic mass is 127. The summed E-state index contributed by atoms with van der Waals surface area (Å²) in [5, 5.41) is 11.0. The largest absolute Gasteiger partial charge is 0.359 e. The predicted octanol–water partition coefficient (Wildman–Crippen LogP) is 4.34. The van der Waals surface area contributed by atoms with E-state index in [0.717, 1.165) is 30.4 Å². The van der Waals surface area contributed by atoms with E-state index in [2.05, 4.69) is 72.7 Å². The molecule has 0 spiro atoms. The highest BCUT2D eigenvalue weighted by Crippen LogP contribution is 2.42. The Kier molecular flexibility index (Phi) is 7.49. The maximum atomic E-state index is 5.37. The molecule has 3 rings (SSSR count). The van der Waals surface area contributed by atoms with Crippen LogP contribution in [0.2, 0.25) is 0 Å². The molecule has 6 heteroatoms.